The highest BCUT2D eigenvalue weighted by Gasteiger charge is 2.21. The molecule has 0 radical (unpaired) electrons. The zero-order valence-electron chi connectivity index (χ0n) is 21.7. The van der Waals surface area contributed by atoms with E-state index in [-0.39, 0.29) is 25.7 Å². The molecule has 0 unspecified atom stereocenters. The summed E-state index contributed by atoms with van der Waals surface area (Å²) in [6, 6.07) is 13.2. The Bertz CT molecular complexity index is 1510. The van der Waals surface area contributed by atoms with Crippen LogP contribution in [0, 0.1) is 6.92 Å². The molecule has 0 fully saturated rings. The number of carbonyl (C=O) groups excluding carboxylic acids is 1. The van der Waals surface area contributed by atoms with Crippen molar-refractivity contribution in [3.63, 3.8) is 0 Å². The number of allylic oxidation sites excluding steroid dienone is 1. The van der Waals surface area contributed by atoms with Crippen LogP contribution in [0.4, 0.5) is 0 Å². The van der Waals surface area contributed by atoms with E-state index in [1.807, 2.05) is 54.8 Å². The van der Waals surface area contributed by atoms with Crippen LogP contribution in [0.5, 0.6) is 5.75 Å². The van der Waals surface area contributed by atoms with E-state index in [4.69, 9.17) is 31.6 Å². The number of benzene rings is 2. The third-order valence-electron chi connectivity index (χ3n) is 5.92. The number of aliphatic hydroxyl groups excluding tert-OH is 1. The predicted molar refractivity (Wildman–Crippen MR) is 154 cm³/mol. The lowest BCUT2D eigenvalue weighted by atomic mass is 10.0. The molecule has 4 rings (SSSR count). The molecule has 4 aromatic rings. The summed E-state index contributed by atoms with van der Waals surface area (Å²) in [6.45, 7) is 7.87. The molecule has 0 saturated heterocycles. The van der Waals surface area contributed by atoms with E-state index in [1.54, 1.807) is 13.0 Å². The Kier molecular flexibility index (Phi) is 9.19. The first-order chi connectivity index (χ1) is 18.8. The van der Waals surface area contributed by atoms with Crippen molar-refractivity contribution >= 4 is 40.1 Å². The van der Waals surface area contributed by atoms with Gasteiger partial charge in [0, 0.05) is 38.8 Å². The van der Waals surface area contributed by atoms with Crippen molar-refractivity contribution in [3.05, 3.63) is 98.5 Å². The van der Waals surface area contributed by atoms with E-state index < -0.39 is 0 Å². The highest BCUT2D eigenvalue weighted by atomic mass is 35.5. The Labute approximate surface area is 235 Å². The van der Waals surface area contributed by atoms with Crippen LogP contribution in [-0.4, -0.2) is 34.4 Å². The molecule has 2 aromatic carbocycles. The van der Waals surface area contributed by atoms with Crippen LogP contribution in [0.1, 0.15) is 39.9 Å². The van der Waals surface area contributed by atoms with Crippen molar-refractivity contribution in [2.45, 2.75) is 26.9 Å². The van der Waals surface area contributed by atoms with Crippen LogP contribution >= 0.6 is 22.9 Å². The number of thiophene rings is 1. The largest absolute Gasteiger partial charge is 0.489 e. The average molecular weight is 565 g/mol. The highest BCUT2D eigenvalue weighted by molar-refractivity contribution is 7.12. The lowest BCUT2D eigenvalue weighted by Gasteiger charge is -2.13. The smallest absolute Gasteiger partial charge is 0.252 e. The first-order valence-electron chi connectivity index (χ1n) is 12.2. The van der Waals surface area contributed by atoms with Crippen molar-refractivity contribution in [2.24, 2.45) is 5.73 Å². The van der Waals surface area contributed by atoms with Crippen LogP contribution in [0.2, 0.25) is 5.02 Å². The number of nitrogens with one attached hydrogen (secondary N) is 1. The minimum atomic E-state index is -0.290. The highest BCUT2D eigenvalue weighted by Crippen LogP contribution is 2.34. The van der Waals surface area contributed by atoms with E-state index >= 15 is 0 Å². The fourth-order valence-electron chi connectivity index (χ4n) is 3.94. The summed E-state index contributed by atoms with van der Waals surface area (Å²) in [5.74, 6) is 1.25. The molecule has 8 nitrogen and oxygen atoms in total. The standard InChI is InChI=1S/C29H29ClN4O4S/c1-4-23(28(36)32-11-12-35)27-26(18(3)31)21(16-39-27)15-37-24-14-20(8-5-17(24)2)29-34-33-25(38-29)13-19-6-9-22(30)10-7-19/h4-10,14,16,35H,3,11-13,15,31H2,1-2H3,(H,32,36)/b23-4+. The molecule has 10 heteroatoms. The van der Waals surface area contributed by atoms with Crippen LogP contribution in [0.25, 0.3) is 22.7 Å². The second-order valence-electron chi connectivity index (χ2n) is 8.75. The Morgan fingerprint density at radius 2 is 2.03 bits per heavy atom. The summed E-state index contributed by atoms with van der Waals surface area (Å²) in [5, 5.41) is 22.7. The summed E-state index contributed by atoms with van der Waals surface area (Å²) in [5.41, 5.74) is 11.1. The molecule has 2 heterocycles. The molecule has 0 aliphatic rings. The number of aromatic nitrogens is 2. The predicted octanol–water partition coefficient (Wildman–Crippen LogP) is 5.37. The summed E-state index contributed by atoms with van der Waals surface area (Å²) in [4.78, 5) is 13.3. The lowest BCUT2D eigenvalue weighted by Crippen LogP contribution is -2.27. The summed E-state index contributed by atoms with van der Waals surface area (Å²) in [7, 11) is 0. The first-order valence-corrected chi connectivity index (χ1v) is 13.5. The minimum absolute atomic E-state index is 0.144. The molecule has 0 bridgehead atoms. The van der Waals surface area contributed by atoms with E-state index in [0.717, 1.165) is 22.3 Å². The first kappa shape index (κ1) is 28.1. The Morgan fingerprint density at radius 1 is 1.26 bits per heavy atom. The third-order valence-corrected chi connectivity index (χ3v) is 7.23. The monoisotopic (exact) mass is 564 g/mol. The number of hydrogen-bond donors (Lipinski definition) is 3. The van der Waals surface area contributed by atoms with Gasteiger partial charge in [-0.1, -0.05) is 42.5 Å². The Hall–Kier alpha value is -3.92. The number of rotatable bonds is 11. The number of aryl methyl sites for hydroxylation is 1. The number of aliphatic hydroxyl groups is 1. The van der Waals surface area contributed by atoms with E-state index in [2.05, 4.69) is 22.1 Å². The Balaban J connectivity index is 1.52. The van der Waals surface area contributed by atoms with Crippen LogP contribution < -0.4 is 15.8 Å². The second kappa shape index (κ2) is 12.8. The van der Waals surface area contributed by atoms with Crippen molar-refractivity contribution in [3.8, 4) is 17.2 Å². The minimum Gasteiger partial charge on any atom is -0.489 e. The topological polar surface area (TPSA) is 124 Å². The number of amides is 1. The van der Waals surface area contributed by atoms with Gasteiger partial charge in [0.2, 0.25) is 11.8 Å². The molecule has 39 heavy (non-hydrogen) atoms. The van der Waals surface area contributed by atoms with Gasteiger partial charge in [-0.05, 0) is 54.6 Å². The molecule has 202 valence electrons. The molecule has 0 aliphatic heterocycles. The molecule has 0 atom stereocenters. The van der Waals surface area contributed by atoms with E-state index in [1.165, 1.54) is 11.3 Å². The van der Waals surface area contributed by atoms with Crippen LogP contribution in [-0.2, 0) is 17.8 Å². The number of hydrogen-bond acceptors (Lipinski definition) is 8. The number of nitrogens with two attached hydrogens (primary N) is 1. The fourth-order valence-corrected chi connectivity index (χ4v) is 5.23. The Morgan fingerprint density at radius 3 is 2.72 bits per heavy atom. The molecule has 1 amide bonds. The maximum absolute atomic E-state index is 12.6. The summed E-state index contributed by atoms with van der Waals surface area (Å²) < 4.78 is 12.1. The van der Waals surface area contributed by atoms with Gasteiger partial charge in [0.1, 0.15) is 12.4 Å². The van der Waals surface area contributed by atoms with Crippen molar-refractivity contribution < 1.29 is 19.1 Å². The SMILES string of the molecule is C=C(N)c1c(COc2cc(-c3nnc(Cc4ccc(Cl)cc4)o3)ccc2C)csc1/C(=C\C)C(=O)NCCO. The maximum atomic E-state index is 12.6. The van der Waals surface area contributed by atoms with Crippen molar-refractivity contribution in [1.82, 2.24) is 15.5 Å². The summed E-state index contributed by atoms with van der Waals surface area (Å²) in [6.07, 6.45) is 2.21. The van der Waals surface area contributed by atoms with Gasteiger partial charge in [-0.3, -0.25) is 4.79 Å². The number of nitrogens with zero attached hydrogens (tertiary/aromatic N) is 2. The van der Waals surface area contributed by atoms with Crippen molar-refractivity contribution in [2.75, 3.05) is 13.2 Å². The van der Waals surface area contributed by atoms with Gasteiger partial charge in [0.05, 0.1) is 18.6 Å². The maximum Gasteiger partial charge on any atom is 0.252 e. The van der Waals surface area contributed by atoms with E-state index in [9.17, 15) is 4.79 Å². The van der Waals surface area contributed by atoms with Gasteiger partial charge in [0.15, 0.2) is 0 Å². The molecule has 0 aliphatic carbocycles. The molecule has 0 spiro atoms. The number of ether oxygens (including phenoxy) is 1. The zero-order chi connectivity index (χ0) is 27.9. The second-order valence-corrected chi connectivity index (χ2v) is 10.1. The van der Waals surface area contributed by atoms with Gasteiger partial charge in [-0.25, -0.2) is 0 Å². The van der Waals surface area contributed by atoms with E-state index in [0.29, 0.717) is 50.7 Å². The van der Waals surface area contributed by atoms with Crippen LogP contribution in [0.15, 0.2) is 64.9 Å². The number of carbonyl (C=O) groups is 1. The fraction of sp³-hybridized carbons (Fsp3) is 0.207. The quantitative estimate of drug-likeness (QED) is 0.209. The number of halogens is 1. The van der Waals surface area contributed by atoms with Gasteiger partial charge in [-0.15, -0.1) is 21.5 Å². The van der Waals surface area contributed by atoms with Gasteiger partial charge >= 0.3 is 0 Å². The lowest BCUT2D eigenvalue weighted by molar-refractivity contribution is -0.115. The van der Waals surface area contributed by atoms with Crippen LogP contribution in [0.3, 0.4) is 0 Å². The molecule has 2 aromatic heterocycles. The van der Waals surface area contributed by atoms with Gasteiger partial charge < -0.3 is 25.3 Å². The van der Waals surface area contributed by atoms with Gasteiger partial charge in [0.25, 0.3) is 5.91 Å². The van der Waals surface area contributed by atoms with Gasteiger partial charge in [-0.2, -0.15) is 0 Å². The van der Waals surface area contributed by atoms with Crippen molar-refractivity contribution in [1.29, 1.82) is 0 Å². The average Bonchev–Trinajstić information content (AvgIpc) is 3.56. The summed E-state index contributed by atoms with van der Waals surface area (Å²) >= 11 is 7.36. The third kappa shape index (κ3) is 6.75. The molecular formula is C29H29ClN4O4S. The molecule has 4 N–H and O–H groups in total. The molecule has 0 saturated carbocycles. The molecular weight excluding hydrogens is 536 g/mol. The normalized spacial score (nSPS) is 11.4. The zero-order valence-corrected chi connectivity index (χ0v) is 23.2.